The van der Waals surface area contributed by atoms with E-state index in [1.165, 1.54) is 17.0 Å². The number of carbonyl (C=O) groups is 2. The number of halogens is 3. The minimum atomic E-state index is -3.93. The molecule has 2 aromatic carbocycles. The SMILES string of the molecule is CC(C(=O)NC1CCCC1)N(CCc1ccccc1)C(=O)CN(c1cc(Cl)c(Cl)cc1Cl)S(C)(=O)=O. The predicted molar refractivity (Wildman–Crippen MR) is 145 cm³/mol. The molecule has 0 heterocycles. The van der Waals surface area contributed by atoms with Crippen LogP contribution in [-0.4, -0.2) is 56.6 Å². The number of carbonyl (C=O) groups excluding carboxylic acids is 2. The van der Waals surface area contributed by atoms with Crippen molar-refractivity contribution in [3.05, 3.63) is 63.1 Å². The van der Waals surface area contributed by atoms with Crippen molar-refractivity contribution in [2.24, 2.45) is 0 Å². The van der Waals surface area contributed by atoms with Crippen LogP contribution in [0.3, 0.4) is 0 Å². The van der Waals surface area contributed by atoms with Crippen LogP contribution >= 0.6 is 34.8 Å². The van der Waals surface area contributed by atoms with Gasteiger partial charge in [0.15, 0.2) is 0 Å². The maximum Gasteiger partial charge on any atom is 0.244 e. The zero-order chi connectivity index (χ0) is 26.5. The van der Waals surface area contributed by atoms with Gasteiger partial charge in [-0.15, -0.1) is 0 Å². The van der Waals surface area contributed by atoms with Crippen molar-refractivity contribution in [3.63, 3.8) is 0 Å². The zero-order valence-corrected chi connectivity index (χ0v) is 23.3. The summed E-state index contributed by atoms with van der Waals surface area (Å²) in [6.45, 7) is 1.34. The lowest BCUT2D eigenvalue weighted by atomic mass is 10.1. The Labute approximate surface area is 227 Å². The van der Waals surface area contributed by atoms with E-state index >= 15 is 0 Å². The summed E-state index contributed by atoms with van der Waals surface area (Å²) in [5.74, 6) is -0.797. The highest BCUT2D eigenvalue weighted by Crippen LogP contribution is 2.35. The number of nitrogens with one attached hydrogen (secondary N) is 1. The Morgan fingerprint density at radius 1 is 1.03 bits per heavy atom. The van der Waals surface area contributed by atoms with E-state index in [0.29, 0.717) is 6.42 Å². The summed E-state index contributed by atoms with van der Waals surface area (Å²) in [6.07, 6.45) is 5.42. The number of anilines is 1. The third kappa shape index (κ3) is 7.51. The third-order valence-electron chi connectivity index (χ3n) is 6.29. The van der Waals surface area contributed by atoms with E-state index in [1.54, 1.807) is 6.92 Å². The second kappa shape index (κ2) is 12.5. The van der Waals surface area contributed by atoms with E-state index in [-0.39, 0.29) is 39.2 Å². The van der Waals surface area contributed by atoms with E-state index in [0.717, 1.165) is 41.8 Å². The predicted octanol–water partition coefficient (Wildman–Crippen LogP) is 4.93. The number of amides is 2. The molecule has 0 radical (unpaired) electrons. The second-order valence-electron chi connectivity index (χ2n) is 8.98. The van der Waals surface area contributed by atoms with Gasteiger partial charge in [0.1, 0.15) is 12.6 Å². The van der Waals surface area contributed by atoms with Gasteiger partial charge in [0, 0.05) is 12.6 Å². The number of hydrogen-bond donors (Lipinski definition) is 1. The quantitative estimate of drug-likeness (QED) is 0.408. The van der Waals surface area contributed by atoms with Crippen molar-refractivity contribution in [2.45, 2.75) is 51.1 Å². The van der Waals surface area contributed by atoms with Crippen molar-refractivity contribution in [2.75, 3.05) is 23.7 Å². The summed E-state index contributed by atoms with van der Waals surface area (Å²) < 4.78 is 26.3. The van der Waals surface area contributed by atoms with Gasteiger partial charge in [0.2, 0.25) is 21.8 Å². The Hall–Kier alpha value is -2.00. The fourth-order valence-corrected chi connectivity index (χ4v) is 5.81. The summed E-state index contributed by atoms with van der Waals surface area (Å²) in [5.41, 5.74) is 1.03. The Morgan fingerprint density at radius 3 is 2.25 bits per heavy atom. The summed E-state index contributed by atoms with van der Waals surface area (Å²) in [4.78, 5) is 28.1. The summed E-state index contributed by atoms with van der Waals surface area (Å²) in [6, 6.07) is 11.5. The minimum absolute atomic E-state index is 0.0329. The van der Waals surface area contributed by atoms with Crippen molar-refractivity contribution >= 4 is 62.3 Å². The number of sulfonamides is 1. The summed E-state index contributed by atoms with van der Waals surface area (Å²) in [7, 11) is -3.93. The molecule has 2 aromatic rings. The van der Waals surface area contributed by atoms with Crippen LogP contribution in [0.1, 0.15) is 38.2 Å². The average Bonchev–Trinajstić information content (AvgIpc) is 3.33. The first-order valence-corrected chi connectivity index (χ1v) is 14.7. The third-order valence-corrected chi connectivity index (χ3v) is 8.44. The molecule has 0 bridgehead atoms. The van der Waals surface area contributed by atoms with Gasteiger partial charge in [-0.3, -0.25) is 13.9 Å². The van der Waals surface area contributed by atoms with E-state index in [2.05, 4.69) is 5.32 Å². The van der Waals surface area contributed by atoms with Gasteiger partial charge in [-0.05, 0) is 43.9 Å². The minimum Gasteiger partial charge on any atom is -0.352 e. The van der Waals surface area contributed by atoms with Gasteiger partial charge in [-0.2, -0.15) is 0 Å². The van der Waals surface area contributed by atoms with Crippen molar-refractivity contribution < 1.29 is 18.0 Å². The van der Waals surface area contributed by atoms with Crippen LogP contribution in [0.15, 0.2) is 42.5 Å². The average molecular weight is 575 g/mol. The topological polar surface area (TPSA) is 86.8 Å². The van der Waals surface area contributed by atoms with Crippen LogP contribution in [-0.2, 0) is 26.0 Å². The molecule has 0 spiro atoms. The maximum absolute atomic E-state index is 13.6. The smallest absolute Gasteiger partial charge is 0.244 e. The van der Waals surface area contributed by atoms with Crippen molar-refractivity contribution in [3.8, 4) is 0 Å². The highest BCUT2D eigenvalue weighted by molar-refractivity contribution is 7.92. The van der Waals surface area contributed by atoms with E-state index < -0.39 is 28.5 Å². The monoisotopic (exact) mass is 573 g/mol. The van der Waals surface area contributed by atoms with Gasteiger partial charge in [0.05, 0.1) is 27.0 Å². The number of benzene rings is 2. The molecule has 7 nitrogen and oxygen atoms in total. The molecule has 196 valence electrons. The molecule has 36 heavy (non-hydrogen) atoms. The molecule has 3 rings (SSSR count). The molecule has 0 aromatic heterocycles. The van der Waals surface area contributed by atoms with Crippen molar-refractivity contribution in [1.29, 1.82) is 0 Å². The Kier molecular flexibility index (Phi) is 9.92. The molecule has 1 N–H and O–H groups in total. The number of hydrogen-bond acceptors (Lipinski definition) is 4. The summed E-state index contributed by atoms with van der Waals surface area (Å²) >= 11 is 18.4. The standard InChI is InChI=1S/C25H30Cl3N3O4S/c1-17(25(33)29-19-10-6-7-11-19)30(13-12-18-8-4-3-5-9-18)24(32)16-31(36(2,34)35)23-15-21(27)20(26)14-22(23)28/h3-5,8-9,14-15,17,19H,6-7,10-13,16H2,1-2H3,(H,29,33). The molecule has 1 unspecified atom stereocenters. The molecule has 2 amide bonds. The molecule has 11 heteroatoms. The lowest BCUT2D eigenvalue weighted by molar-refractivity contribution is -0.139. The molecule has 0 saturated heterocycles. The van der Waals surface area contributed by atoms with Gasteiger partial charge in [-0.25, -0.2) is 8.42 Å². The van der Waals surface area contributed by atoms with Gasteiger partial charge in [0.25, 0.3) is 0 Å². The Bertz CT molecular complexity index is 1190. The molecular formula is C25H30Cl3N3O4S. The van der Waals surface area contributed by atoms with Crippen LogP contribution in [0, 0.1) is 0 Å². The van der Waals surface area contributed by atoms with Crippen LogP contribution in [0.25, 0.3) is 0 Å². The van der Waals surface area contributed by atoms with Gasteiger partial charge >= 0.3 is 0 Å². The van der Waals surface area contributed by atoms with Gasteiger partial charge in [-0.1, -0.05) is 78.0 Å². The molecule has 1 atom stereocenters. The lowest BCUT2D eigenvalue weighted by Crippen LogP contribution is -2.53. The number of nitrogens with zero attached hydrogens (tertiary/aromatic N) is 2. The fraction of sp³-hybridized carbons (Fsp3) is 0.440. The lowest BCUT2D eigenvalue weighted by Gasteiger charge is -2.32. The normalized spacial score (nSPS) is 14.9. The first-order valence-electron chi connectivity index (χ1n) is 11.7. The summed E-state index contributed by atoms with van der Waals surface area (Å²) in [5, 5.41) is 3.32. The largest absolute Gasteiger partial charge is 0.352 e. The molecule has 0 aliphatic heterocycles. The second-order valence-corrected chi connectivity index (χ2v) is 12.1. The van der Waals surface area contributed by atoms with Crippen molar-refractivity contribution in [1.82, 2.24) is 10.2 Å². The highest BCUT2D eigenvalue weighted by Gasteiger charge is 2.32. The maximum atomic E-state index is 13.6. The van der Waals surface area contributed by atoms with Crippen LogP contribution in [0.2, 0.25) is 15.1 Å². The van der Waals surface area contributed by atoms with Crippen LogP contribution in [0.5, 0.6) is 0 Å². The molecule has 1 saturated carbocycles. The van der Waals surface area contributed by atoms with E-state index in [4.69, 9.17) is 34.8 Å². The van der Waals surface area contributed by atoms with Gasteiger partial charge < -0.3 is 10.2 Å². The number of rotatable bonds is 10. The van der Waals surface area contributed by atoms with Crippen LogP contribution in [0.4, 0.5) is 5.69 Å². The van der Waals surface area contributed by atoms with E-state index in [9.17, 15) is 18.0 Å². The zero-order valence-electron chi connectivity index (χ0n) is 20.2. The highest BCUT2D eigenvalue weighted by atomic mass is 35.5. The molecular weight excluding hydrogens is 545 g/mol. The Morgan fingerprint density at radius 2 is 1.64 bits per heavy atom. The first-order chi connectivity index (χ1) is 17.0. The van der Waals surface area contributed by atoms with Crippen LogP contribution < -0.4 is 9.62 Å². The van der Waals surface area contributed by atoms with E-state index in [1.807, 2.05) is 30.3 Å². The fourth-order valence-electron chi connectivity index (χ4n) is 4.26. The molecule has 1 aliphatic rings. The Balaban J connectivity index is 1.87. The molecule has 1 fully saturated rings. The molecule has 1 aliphatic carbocycles. The first kappa shape index (κ1) is 28.6.